The van der Waals surface area contributed by atoms with Crippen LogP contribution >= 0.6 is 22.9 Å². The summed E-state index contributed by atoms with van der Waals surface area (Å²) >= 11 is 7.86. The summed E-state index contributed by atoms with van der Waals surface area (Å²) in [6, 6.07) is 17.4. The molecule has 3 amide bonds. The third kappa shape index (κ3) is 10.4. The van der Waals surface area contributed by atoms with Crippen molar-refractivity contribution in [2.24, 2.45) is 16.7 Å². The van der Waals surface area contributed by atoms with Gasteiger partial charge in [0.25, 0.3) is 5.91 Å². The molecule has 17 heteroatoms. The maximum atomic E-state index is 14.3. The summed E-state index contributed by atoms with van der Waals surface area (Å²) in [7, 11) is 0. The highest BCUT2D eigenvalue weighted by molar-refractivity contribution is 7.13. The molecule has 3 fully saturated rings. The Bertz CT molecular complexity index is 2670. The number of aryl methyl sites for hydroxylation is 1. The number of β-amino-alcohol motifs (C(OH)–C–C–N with tert-alkyl or cyclic N) is 1. The average Bonchev–Trinajstić information content (AvgIpc) is 4.09. The van der Waals surface area contributed by atoms with E-state index in [2.05, 4.69) is 68.1 Å². The number of benzene rings is 2. The number of aromatic nitrogens is 3. The number of carbonyl (C=O) groups is 3. The second-order valence-electron chi connectivity index (χ2n) is 20.2. The largest absolute Gasteiger partial charge is 0.489 e. The molecule has 3 aliphatic rings. The number of ether oxygens (including phenoxy) is 1. The van der Waals surface area contributed by atoms with Gasteiger partial charge in [0.1, 0.15) is 35.4 Å². The lowest BCUT2D eigenvalue weighted by Gasteiger charge is -2.63. The second kappa shape index (κ2) is 20.2. The quantitative estimate of drug-likeness (QED) is 0.0864. The Balaban J connectivity index is 0.804. The van der Waals surface area contributed by atoms with Gasteiger partial charge in [-0.25, -0.2) is 14.8 Å². The van der Waals surface area contributed by atoms with Gasteiger partial charge in [0.15, 0.2) is 0 Å². The SMILES string of the molecule is [C-]#[N+]c1ccc(OC2C(C)(C)C(NC(=O)c3ccc(N4CCN(CCc5cc(C(C(=O)N6C[C@H](O)C[C@H]6C(=O)N[C@@H](C)c6ccc(-c7scnc7C)cc6)C(C)C)on5)CC4)nc3)C2(C)C)cc1Cl. The summed E-state index contributed by atoms with van der Waals surface area (Å²) in [6.07, 6.45) is 1.40. The Kier molecular flexibility index (Phi) is 14.5. The molecule has 2 aliphatic heterocycles. The van der Waals surface area contributed by atoms with Crippen molar-refractivity contribution in [1.29, 1.82) is 0 Å². The summed E-state index contributed by atoms with van der Waals surface area (Å²) in [5.41, 5.74) is 5.64. The number of nitrogens with zero attached hydrogens (tertiary/aromatic N) is 7. The number of anilines is 1. The van der Waals surface area contributed by atoms with Crippen molar-refractivity contribution in [3.63, 3.8) is 0 Å². The van der Waals surface area contributed by atoms with Crippen molar-refractivity contribution in [2.75, 3.05) is 44.2 Å². The summed E-state index contributed by atoms with van der Waals surface area (Å²) in [5, 5.41) is 21.8. The lowest BCUT2D eigenvalue weighted by atomic mass is 9.49. The molecule has 5 aromatic rings. The zero-order valence-electron chi connectivity index (χ0n) is 40.5. The van der Waals surface area contributed by atoms with E-state index >= 15 is 0 Å². The fourth-order valence-corrected chi connectivity index (χ4v) is 11.7. The molecule has 0 bridgehead atoms. The van der Waals surface area contributed by atoms with E-state index in [9.17, 15) is 19.5 Å². The number of hydrogen-bond donors (Lipinski definition) is 3. The summed E-state index contributed by atoms with van der Waals surface area (Å²) in [4.78, 5) is 61.2. The molecule has 2 aromatic carbocycles. The Morgan fingerprint density at radius 1 is 1.00 bits per heavy atom. The first-order chi connectivity index (χ1) is 32.8. The maximum Gasteiger partial charge on any atom is 0.253 e. The van der Waals surface area contributed by atoms with Crippen LogP contribution in [0.3, 0.4) is 0 Å². The molecule has 3 aromatic heterocycles. The van der Waals surface area contributed by atoms with Crippen LogP contribution in [0.25, 0.3) is 15.3 Å². The molecule has 0 radical (unpaired) electrons. The van der Waals surface area contributed by atoms with Gasteiger partial charge in [-0.05, 0) is 55.2 Å². The monoisotopic (exact) mass is 975 g/mol. The van der Waals surface area contributed by atoms with Crippen LogP contribution < -0.4 is 20.3 Å². The van der Waals surface area contributed by atoms with E-state index in [0.29, 0.717) is 34.2 Å². The van der Waals surface area contributed by atoms with E-state index in [0.717, 1.165) is 65.9 Å². The normalized spacial score (nSPS) is 21.8. The number of thiazole rings is 1. The first-order valence-electron chi connectivity index (χ1n) is 23.7. The van der Waals surface area contributed by atoms with E-state index in [1.165, 1.54) is 4.90 Å². The molecule has 1 saturated carbocycles. The first-order valence-corrected chi connectivity index (χ1v) is 24.9. The highest BCUT2D eigenvalue weighted by Crippen LogP contribution is 2.56. The number of pyridine rings is 1. The Hall–Kier alpha value is -5.86. The lowest BCUT2D eigenvalue weighted by molar-refractivity contribution is -0.164. The molecule has 69 heavy (non-hydrogen) atoms. The Morgan fingerprint density at radius 3 is 2.35 bits per heavy atom. The number of hydrogen-bond acceptors (Lipinski definition) is 12. The van der Waals surface area contributed by atoms with Gasteiger partial charge < -0.3 is 34.8 Å². The van der Waals surface area contributed by atoms with Crippen LogP contribution in [0.15, 0.2) is 76.9 Å². The molecule has 2 saturated heterocycles. The minimum absolute atomic E-state index is 0.0639. The van der Waals surface area contributed by atoms with Crippen LogP contribution in [0.2, 0.25) is 5.02 Å². The highest BCUT2D eigenvalue weighted by Gasteiger charge is 2.64. The number of carbonyl (C=O) groups excluding carboxylic acids is 3. The zero-order valence-corrected chi connectivity index (χ0v) is 42.1. The minimum atomic E-state index is -0.819. The summed E-state index contributed by atoms with van der Waals surface area (Å²) < 4.78 is 12.2. The van der Waals surface area contributed by atoms with Gasteiger partial charge in [0, 0.05) is 81.2 Å². The van der Waals surface area contributed by atoms with Gasteiger partial charge in [-0.3, -0.25) is 19.3 Å². The van der Waals surface area contributed by atoms with Gasteiger partial charge in [-0.2, -0.15) is 0 Å². The summed E-state index contributed by atoms with van der Waals surface area (Å²) in [6.45, 7) is 27.3. The van der Waals surface area contributed by atoms with Crippen molar-refractivity contribution in [3.8, 4) is 16.2 Å². The third-order valence-electron chi connectivity index (χ3n) is 14.3. The van der Waals surface area contributed by atoms with Gasteiger partial charge in [0.2, 0.25) is 17.5 Å². The van der Waals surface area contributed by atoms with Crippen LogP contribution in [-0.4, -0.2) is 111 Å². The zero-order chi connectivity index (χ0) is 49.4. The number of piperazine rings is 1. The number of likely N-dealkylation sites (tertiary alicyclic amines) is 1. The van der Waals surface area contributed by atoms with Crippen molar-refractivity contribution < 1.29 is 28.8 Å². The standard InChI is InChI=1S/C52H62ClN9O6S/c1-30(2)44(48(66)62-28-37(63)25-41(62)47(65)57-31(3)33-10-12-34(13-11-33)45-32(4)56-29-69-45)42-24-36(59-68-42)18-19-60-20-22-61(23-21-60)43-17-14-35(27-55-43)46(64)58-49-51(5,6)50(52(49,7)8)67-38-15-16-40(54-9)39(53)26-38/h10-17,24,26-27,29-31,37,41,44,49-50,63H,18-23,25,28H2,1-8H3,(H,57,65)(H,58,64)/t31-,37+,41-,44?,49?,50?/m0/s1. The number of aliphatic hydroxyl groups is 1. The van der Waals surface area contributed by atoms with Gasteiger partial charge in [-0.15, -0.1) is 11.3 Å². The van der Waals surface area contributed by atoms with Crippen molar-refractivity contribution in [1.82, 2.24) is 35.6 Å². The molecule has 364 valence electrons. The topological polar surface area (TPSA) is 171 Å². The van der Waals surface area contributed by atoms with Crippen molar-refractivity contribution in [3.05, 3.63) is 117 Å². The van der Waals surface area contributed by atoms with E-state index in [-0.39, 0.29) is 65.6 Å². The van der Waals surface area contributed by atoms with Crippen LogP contribution in [0.4, 0.5) is 11.5 Å². The number of aliphatic hydroxyl groups excluding tert-OH is 1. The fourth-order valence-electron chi connectivity index (χ4n) is 10.7. The number of nitrogens with one attached hydrogen (secondary N) is 2. The van der Waals surface area contributed by atoms with Crippen molar-refractivity contribution >= 4 is 52.2 Å². The van der Waals surface area contributed by atoms with E-state index in [4.69, 9.17) is 27.4 Å². The highest BCUT2D eigenvalue weighted by atomic mass is 35.5. The van der Waals surface area contributed by atoms with Crippen LogP contribution in [-0.2, 0) is 16.0 Å². The average molecular weight is 977 g/mol. The Morgan fingerprint density at radius 2 is 1.72 bits per heavy atom. The van der Waals surface area contributed by atoms with Gasteiger partial charge in [-0.1, -0.05) is 88.6 Å². The number of amides is 3. The van der Waals surface area contributed by atoms with E-state index in [1.54, 1.807) is 35.7 Å². The van der Waals surface area contributed by atoms with E-state index in [1.807, 2.05) is 75.7 Å². The maximum absolute atomic E-state index is 14.3. The molecule has 0 spiro atoms. The van der Waals surface area contributed by atoms with Crippen molar-refractivity contribution in [2.45, 2.75) is 104 Å². The van der Waals surface area contributed by atoms with Crippen LogP contribution in [0.5, 0.6) is 5.75 Å². The first kappa shape index (κ1) is 49.6. The molecule has 15 nitrogen and oxygen atoms in total. The van der Waals surface area contributed by atoms with E-state index < -0.39 is 18.1 Å². The summed E-state index contributed by atoms with van der Waals surface area (Å²) in [5.74, 6) is 0.261. The fraction of sp³-hybridized carbons (Fsp3) is 0.481. The predicted octanol–water partition coefficient (Wildman–Crippen LogP) is 8.26. The number of halogens is 1. The predicted molar refractivity (Wildman–Crippen MR) is 267 cm³/mol. The molecule has 1 unspecified atom stereocenters. The second-order valence-corrected chi connectivity index (χ2v) is 21.5. The third-order valence-corrected chi connectivity index (χ3v) is 15.5. The molecule has 3 N–H and O–H groups in total. The molecular formula is C52H62ClN9O6S. The van der Waals surface area contributed by atoms with Crippen LogP contribution in [0.1, 0.15) is 99.9 Å². The van der Waals surface area contributed by atoms with Gasteiger partial charge >= 0.3 is 0 Å². The van der Waals surface area contributed by atoms with Gasteiger partial charge in [0.05, 0.1) is 51.1 Å². The molecule has 8 rings (SSSR count). The Labute approximate surface area is 413 Å². The van der Waals surface area contributed by atoms with Crippen LogP contribution in [0, 0.1) is 30.2 Å². The molecule has 1 aliphatic carbocycles. The smallest absolute Gasteiger partial charge is 0.253 e. The number of rotatable bonds is 15. The molecular weight excluding hydrogens is 914 g/mol. The lowest BCUT2D eigenvalue weighted by Crippen LogP contribution is -2.74. The molecule has 4 atom stereocenters. The molecule has 5 heterocycles. The minimum Gasteiger partial charge on any atom is -0.489 e.